The number of aromatic nitrogens is 3. The molecular weight excluding hydrogens is 222 g/mol. The SMILES string of the molecule is Clc1ccc(-c2n[nH]c3ccncc23)cc1. The Bertz CT molecular complexity index is 628. The van der Waals surface area contributed by atoms with Crippen molar-refractivity contribution in [2.24, 2.45) is 0 Å². The summed E-state index contributed by atoms with van der Waals surface area (Å²) in [6.45, 7) is 0. The first-order valence-electron chi connectivity index (χ1n) is 4.88. The monoisotopic (exact) mass is 229 g/mol. The summed E-state index contributed by atoms with van der Waals surface area (Å²) in [6, 6.07) is 9.51. The van der Waals surface area contributed by atoms with Gasteiger partial charge in [-0.1, -0.05) is 23.7 Å². The van der Waals surface area contributed by atoms with Crippen molar-refractivity contribution in [3.63, 3.8) is 0 Å². The first-order valence-corrected chi connectivity index (χ1v) is 5.26. The van der Waals surface area contributed by atoms with Gasteiger partial charge < -0.3 is 0 Å². The Morgan fingerprint density at radius 1 is 1.06 bits per heavy atom. The van der Waals surface area contributed by atoms with Gasteiger partial charge in [0.1, 0.15) is 5.69 Å². The largest absolute Gasteiger partial charge is 0.277 e. The highest BCUT2D eigenvalue weighted by Gasteiger charge is 2.07. The lowest BCUT2D eigenvalue weighted by Crippen LogP contribution is -1.78. The molecule has 3 aromatic rings. The van der Waals surface area contributed by atoms with E-state index in [4.69, 9.17) is 11.6 Å². The van der Waals surface area contributed by atoms with Crippen LogP contribution >= 0.6 is 11.6 Å². The molecule has 16 heavy (non-hydrogen) atoms. The summed E-state index contributed by atoms with van der Waals surface area (Å²) in [5.41, 5.74) is 2.92. The predicted octanol–water partition coefficient (Wildman–Crippen LogP) is 3.28. The van der Waals surface area contributed by atoms with Gasteiger partial charge in [-0.3, -0.25) is 10.1 Å². The van der Waals surface area contributed by atoms with Crippen LogP contribution in [0.4, 0.5) is 0 Å². The minimum atomic E-state index is 0.724. The molecule has 0 saturated heterocycles. The van der Waals surface area contributed by atoms with Gasteiger partial charge in [0.05, 0.1) is 5.52 Å². The summed E-state index contributed by atoms with van der Waals surface area (Å²) < 4.78 is 0. The molecule has 0 radical (unpaired) electrons. The van der Waals surface area contributed by atoms with E-state index in [1.807, 2.05) is 36.5 Å². The first-order chi connectivity index (χ1) is 7.84. The highest BCUT2D eigenvalue weighted by atomic mass is 35.5. The summed E-state index contributed by atoms with van der Waals surface area (Å²) >= 11 is 5.85. The van der Waals surface area contributed by atoms with Crippen molar-refractivity contribution in [2.45, 2.75) is 0 Å². The lowest BCUT2D eigenvalue weighted by atomic mass is 10.1. The number of pyridine rings is 1. The number of nitrogens with one attached hydrogen (secondary N) is 1. The fourth-order valence-electron chi connectivity index (χ4n) is 1.68. The van der Waals surface area contributed by atoms with Gasteiger partial charge in [-0.2, -0.15) is 5.10 Å². The summed E-state index contributed by atoms with van der Waals surface area (Å²) in [6.07, 6.45) is 3.55. The van der Waals surface area contributed by atoms with Crippen molar-refractivity contribution in [3.8, 4) is 11.3 Å². The van der Waals surface area contributed by atoms with Gasteiger partial charge in [-0.05, 0) is 18.2 Å². The van der Waals surface area contributed by atoms with Crippen LogP contribution in [-0.2, 0) is 0 Å². The Kier molecular flexibility index (Phi) is 2.11. The second-order valence-electron chi connectivity index (χ2n) is 3.50. The summed E-state index contributed by atoms with van der Waals surface area (Å²) in [5, 5.41) is 9.01. The van der Waals surface area contributed by atoms with Crippen molar-refractivity contribution in [1.82, 2.24) is 15.2 Å². The zero-order chi connectivity index (χ0) is 11.0. The zero-order valence-electron chi connectivity index (χ0n) is 8.31. The normalized spacial score (nSPS) is 10.8. The van der Waals surface area contributed by atoms with Crippen LogP contribution in [0, 0.1) is 0 Å². The molecule has 2 aromatic heterocycles. The van der Waals surface area contributed by atoms with E-state index in [1.165, 1.54) is 0 Å². The molecule has 3 rings (SSSR count). The first kappa shape index (κ1) is 9.36. The third kappa shape index (κ3) is 1.46. The molecule has 0 bridgehead atoms. The van der Waals surface area contributed by atoms with E-state index in [9.17, 15) is 0 Å². The van der Waals surface area contributed by atoms with Gasteiger partial charge >= 0.3 is 0 Å². The fourth-order valence-corrected chi connectivity index (χ4v) is 1.81. The number of halogens is 1. The maximum Gasteiger partial charge on any atom is 0.101 e. The third-order valence-electron chi connectivity index (χ3n) is 2.48. The summed E-state index contributed by atoms with van der Waals surface area (Å²) in [5.74, 6) is 0. The Hall–Kier alpha value is -1.87. The minimum absolute atomic E-state index is 0.724. The number of fused-ring (bicyclic) bond motifs is 1. The second-order valence-corrected chi connectivity index (χ2v) is 3.94. The molecular formula is C12H8ClN3. The van der Waals surface area contributed by atoms with Crippen molar-refractivity contribution in [1.29, 1.82) is 0 Å². The van der Waals surface area contributed by atoms with E-state index in [0.29, 0.717) is 0 Å². The van der Waals surface area contributed by atoms with E-state index in [1.54, 1.807) is 6.20 Å². The molecule has 0 unspecified atom stereocenters. The number of hydrogen-bond acceptors (Lipinski definition) is 2. The van der Waals surface area contributed by atoms with Crippen LogP contribution in [0.2, 0.25) is 5.02 Å². The number of benzene rings is 1. The summed E-state index contributed by atoms with van der Waals surface area (Å²) in [4.78, 5) is 4.10. The average molecular weight is 230 g/mol. The number of hydrogen-bond donors (Lipinski definition) is 1. The Morgan fingerprint density at radius 2 is 1.88 bits per heavy atom. The molecule has 1 aromatic carbocycles. The van der Waals surface area contributed by atoms with E-state index in [-0.39, 0.29) is 0 Å². The number of rotatable bonds is 1. The van der Waals surface area contributed by atoms with E-state index in [2.05, 4.69) is 15.2 Å². The molecule has 1 N–H and O–H groups in total. The Labute approximate surface area is 97.1 Å². The smallest absolute Gasteiger partial charge is 0.101 e. The van der Waals surface area contributed by atoms with Crippen LogP contribution in [0.3, 0.4) is 0 Å². The quantitative estimate of drug-likeness (QED) is 0.696. The second kappa shape index (κ2) is 3.61. The Morgan fingerprint density at radius 3 is 2.69 bits per heavy atom. The van der Waals surface area contributed by atoms with E-state index in [0.717, 1.165) is 27.2 Å². The van der Waals surface area contributed by atoms with Crippen LogP contribution in [0.25, 0.3) is 22.2 Å². The van der Waals surface area contributed by atoms with Crippen molar-refractivity contribution in [2.75, 3.05) is 0 Å². The maximum absolute atomic E-state index is 5.85. The molecule has 0 aliphatic heterocycles. The lowest BCUT2D eigenvalue weighted by Gasteiger charge is -1.97. The molecule has 3 nitrogen and oxygen atoms in total. The molecule has 0 fully saturated rings. The molecule has 0 aliphatic rings. The number of nitrogens with zero attached hydrogens (tertiary/aromatic N) is 2. The molecule has 0 spiro atoms. The molecule has 0 saturated carbocycles. The minimum Gasteiger partial charge on any atom is -0.277 e. The van der Waals surface area contributed by atoms with E-state index < -0.39 is 0 Å². The zero-order valence-corrected chi connectivity index (χ0v) is 9.07. The molecule has 0 aliphatic carbocycles. The summed E-state index contributed by atoms with van der Waals surface area (Å²) in [7, 11) is 0. The van der Waals surface area contributed by atoms with Gasteiger partial charge in [0.15, 0.2) is 0 Å². The van der Waals surface area contributed by atoms with Crippen LogP contribution in [0.1, 0.15) is 0 Å². The molecule has 4 heteroatoms. The van der Waals surface area contributed by atoms with Crippen molar-refractivity contribution in [3.05, 3.63) is 47.7 Å². The maximum atomic E-state index is 5.85. The number of H-pyrrole nitrogens is 1. The van der Waals surface area contributed by atoms with Crippen LogP contribution < -0.4 is 0 Å². The van der Waals surface area contributed by atoms with Gasteiger partial charge in [0.25, 0.3) is 0 Å². The lowest BCUT2D eigenvalue weighted by molar-refractivity contribution is 1.12. The fraction of sp³-hybridized carbons (Fsp3) is 0. The standard InChI is InChI=1S/C12H8ClN3/c13-9-3-1-8(2-4-9)12-10-7-14-6-5-11(10)15-16-12/h1-7H,(H,15,16). The van der Waals surface area contributed by atoms with Gasteiger partial charge in [0.2, 0.25) is 0 Å². The van der Waals surface area contributed by atoms with Crippen LogP contribution in [0.5, 0.6) is 0 Å². The van der Waals surface area contributed by atoms with Gasteiger partial charge in [0, 0.05) is 28.4 Å². The van der Waals surface area contributed by atoms with Crippen molar-refractivity contribution < 1.29 is 0 Å². The van der Waals surface area contributed by atoms with Gasteiger partial charge in [-0.25, -0.2) is 0 Å². The highest BCUT2D eigenvalue weighted by molar-refractivity contribution is 6.30. The average Bonchev–Trinajstić information content (AvgIpc) is 2.74. The predicted molar refractivity (Wildman–Crippen MR) is 64.3 cm³/mol. The molecule has 0 atom stereocenters. The van der Waals surface area contributed by atoms with Crippen LogP contribution in [-0.4, -0.2) is 15.2 Å². The molecule has 78 valence electrons. The topological polar surface area (TPSA) is 41.6 Å². The van der Waals surface area contributed by atoms with Gasteiger partial charge in [-0.15, -0.1) is 0 Å². The van der Waals surface area contributed by atoms with E-state index >= 15 is 0 Å². The highest BCUT2D eigenvalue weighted by Crippen LogP contribution is 2.26. The molecule has 2 heterocycles. The number of aromatic amines is 1. The Balaban J connectivity index is 2.22. The van der Waals surface area contributed by atoms with Crippen LogP contribution in [0.15, 0.2) is 42.7 Å². The van der Waals surface area contributed by atoms with Crippen molar-refractivity contribution >= 4 is 22.5 Å². The third-order valence-corrected chi connectivity index (χ3v) is 2.73. The molecule has 0 amide bonds.